The highest BCUT2D eigenvalue weighted by atomic mass is 79.9. The third-order valence-electron chi connectivity index (χ3n) is 2.67. The molecule has 2 N–H and O–H groups in total. The number of amides is 1. The van der Waals surface area contributed by atoms with Crippen LogP contribution in [0, 0.1) is 11.7 Å². The average molecular weight is 331 g/mol. The van der Waals surface area contributed by atoms with Crippen LogP contribution < -0.4 is 10.6 Å². The van der Waals surface area contributed by atoms with Gasteiger partial charge in [0.25, 0.3) is 0 Å². The first-order chi connectivity index (χ1) is 8.90. The molecule has 0 aliphatic rings. The first-order valence-corrected chi connectivity index (χ1v) is 7.14. The van der Waals surface area contributed by atoms with Crippen LogP contribution in [0.2, 0.25) is 0 Å². The largest absolute Gasteiger partial charge is 0.354 e. The Hall–Kier alpha value is -0.940. The molecule has 0 aliphatic heterocycles. The van der Waals surface area contributed by atoms with Crippen LogP contribution in [0.3, 0.4) is 0 Å². The van der Waals surface area contributed by atoms with Gasteiger partial charge < -0.3 is 10.6 Å². The van der Waals surface area contributed by atoms with E-state index in [9.17, 15) is 9.18 Å². The zero-order chi connectivity index (χ0) is 14.4. The quantitative estimate of drug-likeness (QED) is 0.842. The van der Waals surface area contributed by atoms with Gasteiger partial charge in [0.05, 0.1) is 10.5 Å². The molecule has 106 valence electrons. The van der Waals surface area contributed by atoms with E-state index in [1.807, 2.05) is 19.9 Å². The number of rotatable bonds is 6. The molecule has 1 rings (SSSR count). The summed E-state index contributed by atoms with van der Waals surface area (Å²) in [5.41, 5.74) is 0.809. The third kappa shape index (κ3) is 5.70. The Bertz CT molecular complexity index is 437. The first kappa shape index (κ1) is 16.1. The second kappa shape index (κ2) is 7.60. The molecule has 1 amide bonds. The topological polar surface area (TPSA) is 41.1 Å². The van der Waals surface area contributed by atoms with Gasteiger partial charge in [-0.25, -0.2) is 4.39 Å². The first-order valence-electron chi connectivity index (χ1n) is 6.35. The number of halogens is 2. The van der Waals surface area contributed by atoms with Gasteiger partial charge in [-0.15, -0.1) is 0 Å². The second-order valence-corrected chi connectivity index (χ2v) is 5.84. The fourth-order valence-electron chi connectivity index (χ4n) is 1.47. The van der Waals surface area contributed by atoms with Crippen molar-refractivity contribution in [1.82, 2.24) is 10.6 Å². The summed E-state index contributed by atoms with van der Waals surface area (Å²) in [5, 5.41) is 5.93. The van der Waals surface area contributed by atoms with Crippen LogP contribution in [0.4, 0.5) is 4.39 Å². The lowest BCUT2D eigenvalue weighted by atomic mass is 10.2. The monoisotopic (exact) mass is 330 g/mol. The maximum atomic E-state index is 13.3. The van der Waals surface area contributed by atoms with Gasteiger partial charge in [-0.3, -0.25) is 4.79 Å². The zero-order valence-electron chi connectivity index (χ0n) is 11.5. The molecule has 0 bridgehead atoms. The van der Waals surface area contributed by atoms with Crippen molar-refractivity contribution in [3.63, 3.8) is 0 Å². The van der Waals surface area contributed by atoms with Gasteiger partial charge in [-0.2, -0.15) is 0 Å². The van der Waals surface area contributed by atoms with Crippen molar-refractivity contribution < 1.29 is 9.18 Å². The lowest BCUT2D eigenvalue weighted by Gasteiger charge is -2.15. The smallest absolute Gasteiger partial charge is 0.236 e. The Kier molecular flexibility index (Phi) is 6.45. The van der Waals surface area contributed by atoms with E-state index in [2.05, 4.69) is 26.6 Å². The van der Waals surface area contributed by atoms with Crippen LogP contribution in [-0.2, 0) is 11.3 Å². The number of carbonyl (C=O) groups excluding carboxylic acids is 1. The Morgan fingerprint density at radius 2 is 2.05 bits per heavy atom. The Morgan fingerprint density at radius 1 is 1.37 bits per heavy atom. The third-order valence-corrected chi connectivity index (χ3v) is 3.32. The maximum Gasteiger partial charge on any atom is 0.236 e. The highest BCUT2D eigenvalue weighted by Gasteiger charge is 2.12. The molecule has 1 unspecified atom stereocenters. The fourth-order valence-corrected chi connectivity index (χ4v) is 1.72. The SMILES string of the molecule is CC(C)CNC(=O)C(C)NCc1ccc(Br)c(F)c1. The predicted octanol–water partition coefficient (Wildman–Crippen LogP) is 2.84. The normalized spacial score (nSPS) is 12.5. The van der Waals surface area contributed by atoms with Crippen molar-refractivity contribution in [1.29, 1.82) is 0 Å². The van der Waals surface area contributed by atoms with Gasteiger partial charge in [0.15, 0.2) is 0 Å². The van der Waals surface area contributed by atoms with Crippen molar-refractivity contribution in [2.24, 2.45) is 5.92 Å². The summed E-state index contributed by atoms with van der Waals surface area (Å²) in [7, 11) is 0. The summed E-state index contributed by atoms with van der Waals surface area (Å²) >= 11 is 3.11. The highest BCUT2D eigenvalue weighted by Crippen LogP contribution is 2.16. The lowest BCUT2D eigenvalue weighted by Crippen LogP contribution is -2.42. The van der Waals surface area contributed by atoms with Crippen LogP contribution in [0.15, 0.2) is 22.7 Å². The Labute approximate surface area is 122 Å². The molecule has 1 atom stereocenters. The standard InChI is InChI=1S/C14H20BrFN2O/c1-9(2)7-18-14(19)10(3)17-8-11-4-5-12(15)13(16)6-11/h4-6,9-10,17H,7-8H2,1-3H3,(H,18,19). The van der Waals surface area contributed by atoms with Crippen molar-refractivity contribution in [3.05, 3.63) is 34.1 Å². The number of nitrogens with one attached hydrogen (secondary N) is 2. The molecule has 0 saturated heterocycles. The summed E-state index contributed by atoms with van der Waals surface area (Å²) in [6.45, 7) is 7.01. The Balaban J connectivity index is 2.42. The van der Waals surface area contributed by atoms with Gasteiger partial charge in [-0.05, 0) is 46.5 Å². The summed E-state index contributed by atoms with van der Waals surface area (Å²) in [6, 6.07) is 4.63. The molecular weight excluding hydrogens is 311 g/mol. The average Bonchev–Trinajstić information content (AvgIpc) is 2.36. The molecule has 0 spiro atoms. The summed E-state index contributed by atoms with van der Waals surface area (Å²) in [6.07, 6.45) is 0. The molecule has 1 aromatic rings. The van der Waals surface area contributed by atoms with Crippen molar-refractivity contribution in [2.75, 3.05) is 6.54 Å². The van der Waals surface area contributed by atoms with Crippen LogP contribution in [0.5, 0.6) is 0 Å². The van der Waals surface area contributed by atoms with E-state index in [4.69, 9.17) is 0 Å². The van der Waals surface area contributed by atoms with E-state index in [1.165, 1.54) is 6.07 Å². The molecular formula is C14H20BrFN2O. The molecule has 0 fully saturated rings. The molecule has 0 radical (unpaired) electrons. The summed E-state index contributed by atoms with van der Waals surface area (Å²) in [5.74, 6) is 0.0965. The van der Waals surface area contributed by atoms with Crippen LogP contribution in [0.1, 0.15) is 26.3 Å². The van der Waals surface area contributed by atoms with E-state index in [-0.39, 0.29) is 17.8 Å². The van der Waals surface area contributed by atoms with Gasteiger partial charge in [0, 0.05) is 13.1 Å². The number of hydrogen-bond donors (Lipinski definition) is 2. The van der Waals surface area contributed by atoms with Crippen LogP contribution >= 0.6 is 15.9 Å². The maximum absolute atomic E-state index is 13.3. The summed E-state index contributed by atoms with van der Waals surface area (Å²) < 4.78 is 13.8. The van der Waals surface area contributed by atoms with E-state index in [0.29, 0.717) is 23.5 Å². The number of carbonyl (C=O) groups is 1. The van der Waals surface area contributed by atoms with Gasteiger partial charge >= 0.3 is 0 Å². The van der Waals surface area contributed by atoms with E-state index >= 15 is 0 Å². The van der Waals surface area contributed by atoms with Crippen LogP contribution in [-0.4, -0.2) is 18.5 Å². The van der Waals surface area contributed by atoms with E-state index in [1.54, 1.807) is 13.0 Å². The second-order valence-electron chi connectivity index (χ2n) is 4.99. The van der Waals surface area contributed by atoms with E-state index in [0.717, 1.165) is 5.56 Å². The molecule has 0 saturated carbocycles. The molecule has 19 heavy (non-hydrogen) atoms. The van der Waals surface area contributed by atoms with Gasteiger partial charge in [-0.1, -0.05) is 19.9 Å². The molecule has 0 aliphatic carbocycles. The molecule has 0 heterocycles. The van der Waals surface area contributed by atoms with Crippen molar-refractivity contribution in [2.45, 2.75) is 33.4 Å². The minimum absolute atomic E-state index is 0.0358. The minimum atomic E-state index is -0.301. The molecule has 5 heteroatoms. The van der Waals surface area contributed by atoms with Crippen LogP contribution in [0.25, 0.3) is 0 Å². The molecule has 0 aromatic heterocycles. The lowest BCUT2D eigenvalue weighted by molar-refractivity contribution is -0.122. The van der Waals surface area contributed by atoms with Crippen molar-refractivity contribution >= 4 is 21.8 Å². The zero-order valence-corrected chi connectivity index (χ0v) is 13.1. The highest BCUT2D eigenvalue weighted by molar-refractivity contribution is 9.10. The minimum Gasteiger partial charge on any atom is -0.354 e. The van der Waals surface area contributed by atoms with Gasteiger partial charge in [0.1, 0.15) is 5.82 Å². The van der Waals surface area contributed by atoms with Crippen molar-refractivity contribution in [3.8, 4) is 0 Å². The predicted molar refractivity (Wildman–Crippen MR) is 78.2 cm³/mol. The van der Waals surface area contributed by atoms with Gasteiger partial charge in [0.2, 0.25) is 5.91 Å². The number of hydrogen-bond acceptors (Lipinski definition) is 2. The number of benzene rings is 1. The molecule has 3 nitrogen and oxygen atoms in total. The summed E-state index contributed by atoms with van der Waals surface area (Å²) in [4.78, 5) is 11.7. The molecule has 1 aromatic carbocycles. The van der Waals surface area contributed by atoms with E-state index < -0.39 is 0 Å². The Morgan fingerprint density at radius 3 is 2.63 bits per heavy atom. The fraction of sp³-hybridized carbons (Fsp3) is 0.500.